The zero-order valence-electron chi connectivity index (χ0n) is 13.1. The molecule has 0 fully saturated rings. The van der Waals surface area contributed by atoms with Crippen LogP contribution in [0.2, 0.25) is 0 Å². The lowest BCUT2D eigenvalue weighted by molar-refractivity contribution is 0.389. The smallest absolute Gasteiger partial charge is 0.247 e. The van der Waals surface area contributed by atoms with Crippen LogP contribution in [0.1, 0.15) is 38.6 Å². The fourth-order valence-electron chi connectivity index (χ4n) is 2.63. The normalized spacial score (nSPS) is 17.9. The minimum Gasteiger partial charge on any atom is -0.325 e. The van der Waals surface area contributed by atoms with Gasteiger partial charge in [-0.25, -0.2) is 8.42 Å². The molecule has 0 bridgehead atoms. The summed E-state index contributed by atoms with van der Waals surface area (Å²) >= 11 is 0. The van der Waals surface area contributed by atoms with Crippen LogP contribution in [0.3, 0.4) is 0 Å². The molecule has 0 atom stereocenters. The molecule has 0 aliphatic carbocycles. The third-order valence-corrected chi connectivity index (χ3v) is 5.96. The van der Waals surface area contributed by atoms with Crippen LogP contribution in [0, 0.1) is 12.3 Å². The summed E-state index contributed by atoms with van der Waals surface area (Å²) in [5, 5.41) is 6.69. The number of H-pyrrole nitrogens is 1. The Balaban J connectivity index is 2.31. The van der Waals surface area contributed by atoms with Gasteiger partial charge in [-0.3, -0.25) is 5.10 Å². The average Bonchev–Trinajstić information content (AvgIpc) is 2.79. The quantitative estimate of drug-likeness (QED) is 0.828. The minimum absolute atomic E-state index is 0.0871. The number of aromatic nitrogens is 2. The van der Waals surface area contributed by atoms with Gasteiger partial charge in [0.1, 0.15) is 4.90 Å². The lowest BCUT2D eigenvalue weighted by Gasteiger charge is -2.31. The fraction of sp³-hybridized carbons (Fsp3) is 0.643. The second-order valence-electron chi connectivity index (χ2n) is 6.42. The number of nitrogens with zero attached hydrogens (tertiary/aromatic N) is 2. The number of sulfonamides is 1. The first-order valence-corrected chi connectivity index (χ1v) is 8.55. The summed E-state index contributed by atoms with van der Waals surface area (Å²) in [4.78, 5) is 0.234. The maximum Gasteiger partial charge on any atom is 0.247 e. The minimum atomic E-state index is -3.55. The molecule has 118 valence electrons. The van der Waals surface area contributed by atoms with Crippen molar-refractivity contribution < 1.29 is 8.42 Å². The highest BCUT2D eigenvalue weighted by Gasteiger charge is 2.32. The molecule has 0 unspecified atom stereocenters. The van der Waals surface area contributed by atoms with E-state index in [-0.39, 0.29) is 16.9 Å². The molecule has 0 saturated heterocycles. The van der Waals surface area contributed by atoms with Crippen molar-refractivity contribution in [2.24, 2.45) is 11.1 Å². The molecule has 7 heteroatoms. The average molecular weight is 312 g/mol. The van der Waals surface area contributed by atoms with Gasteiger partial charge in [-0.1, -0.05) is 32.4 Å². The van der Waals surface area contributed by atoms with Gasteiger partial charge in [-0.15, -0.1) is 0 Å². The number of nitrogens with one attached hydrogen (secondary N) is 1. The summed E-state index contributed by atoms with van der Waals surface area (Å²) < 4.78 is 27.1. The van der Waals surface area contributed by atoms with Crippen molar-refractivity contribution >= 4 is 10.0 Å². The van der Waals surface area contributed by atoms with E-state index in [1.165, 1.54) is 9.88 Å². The van der Waals surface area contributed by atoms with Gasteiger partial charge in [0.05, 0.1) is 11.4 Å². The molecular weight excluding hydrogens is 288 g/mol. The molecule has 1 aliphatic rings. The molecular formula is C14H24N4O2S. The summed E-state index contributed by atoms with van der Waals surface area (Å²) in [5.41, 5.74) is 7.93. The van der Waals surface area contributed by atoms with Crippen LogP contribution >= 0.6 is 0 Å². The number of rotatable bonds is 3. The lowest BCUT2D eigenvalue weighted by atomic mass is 9.83. The van der Waals surface area contributed by atoms with E-state index >= 15 is 0 Å². The third-order valence-electron chi connectivity index (χ3n) is 3.89. The van der Waals surface area contributed by atoms with Crippen LogP contribution in [-0.4, -0.2) is 36.0 Å². The molecule has 0 radical (unpaired) electrons. The summed E-state index contributed by atoms with van der Waals surface area (Å²) in [6.07, 6.45) is 2.79. The number of hydrogen-bond acceptors (Lipinski definition) is 4. The van der Waals surface area contributed by atoms with E-state index in [2.05, 4.69) is 31.0 Å². The largest absolute Gasteiger partial charge is 0.325 e. The van der Waals surface area contributed by atoms with Gasteiger partial charge >= 0.3 is 0 Å². The Bertz CT molecular complexity index is 653. The monoisotopic (exact) mass is 312 g/mol. The van der Waals surface area contributed by atoms with E-state index in [4.69, 9.17) is 5.73 Å². The third kappa shape index (κ3) is 3.04. The topological polar surface area (TPSA) is 92.1 Å². The van der Waals surface area contributed by atoms with Gasteiger partial charge < -0.3 is 5.73 Å². The van der Waals surface area contributed by atoms with E-state index < -0.39 is 10.0 Å². The SMILES string of the molecule is Cc1[nH]nc(CN)c1S(=O)(=O)N1CC=C(C(C)(C)C)CC1. The summed E-state index contributed by atoms with van der Waals surface area (Å²) in [6, 6.07) is 0. The van der Waals surface area contributed by atoms with Crippen LogP contribution in [0.5, 0.6) is 0 Å². The van der Waals surface area contributed by atoms with E-state index in [9.17, 15) is 8.42 Å². The maximum absolute atomic E-state index is 12.8. The highest BCUT2D eigenvalue weighted by atomic mass is 32.2. The molecule has 0 saturated carbocycles. The van der Waals surface area contributed by atoms with Crippen molar-refractivity contribution in [2.45, 2.75) is 45.6 Å². The first-order chi connectivity index (χ1) is 9.67. The highest BCUT2D eigenvalue weighted by molar-refractivity contribution is 7.89. The zero-order valence-corrected chi connectivity index (χ0v) is 13.9. The predicted octanol–water partition coefficient (Wildman–Crippen LogP) is 1.54. The van der Waals surface area contributed by atoms with E-state index in [1.807, 2.05) is 6.08 Å². The van der Waals surface area contributed by atoms with Crippen molar-refractivity contribution in [2.75, 3.05) is 13.1 Å². The fourth-order valence-corrected chi connectivity index (χ4v) is 4.35. The van der Waals surface area contributed by atoms with Gasteiger partial charge in [0, 0.05) is 19.6 Å². The Morgan fingerprint density at radius 1 is 1.43 bits per heavy atom. The Hall–Kier alpha value is -1.18. The van der Waals surface area contributed by atoms with E-state index in [1.54, 1.807) is 6.92 Å². The number of aryl methyl sites for hydroxylation is 1. The van der Waals surface area contributed by atoms with Crippen molar-refractivity contribution in [3.63, 3.8) is 0 Å². The number of aromatic amines is 1. The van der Waals surface area contributed by atoms with Gasteiger partial charge in [0.15, 0.2) is 0 Å². The second kappa shape index (κ2) is 5.55. The van der Waals surface area contributed by atoms with Gasteiger partial charge in [0.2, 0.25) is 10.0 Å². The molecule has 2 heterocycles. The Kier molecular flexibility index (Phi) is 4.28. The summed E-state index contributed by atoms with van der Waals surface area (Å²) in [7, 11) is -3.55. The van der Waals surface area contributed by atoms with Crippen molar-refractivity contribution in [3.8, 4) is 0 Å². The van der Waals surface area contributed by atoms with Crippen LogP contribution in [-0.2, 0) is 16.6 Å². The van der Waals surface area contributed by atoms with E-state index in [0.717, 1.165) is 6.42 Å². The number of nitrogens with two attached hydrogens (primary N) is 1. The maximum atomic E-state index is 12.8. The zero-order chi connectivity index (χ0) is 15.8. The second-order valence-corrected chi connectivity index (χ2v) is 8.30. The van der Waals surface area contributed by atoms with Crippen LogP contribution in [0.4, 0.5) is 0 Å². The molecule has 1 aromatic rings. The highest BCUT2D eigenvalue weighted by Crippen LogP contribution is 2.32. The molecule has 2 rings (SSSR count). The van der Waals surface area contributed by atoms with Crippen LogP contribution in [0.15, 0.2) is 16.5 Å². The van der Waals surface area contributed by atoms with Gasteiger partial charge in [-0.2, -0.15) is 9.40 Å². The van der Waals surface area contributed by atoms with Crippen LogP contribution in [0.25, 0.3) is 0 Å². The Morgan fingerprint density at radius 2 is 2.10 bits per heavy atom. The van der Waals surface area contributed by atoms with Gasteiger partial charge in [0.25, 0.3) is 0 Å². The Labute approximate surface area is 126 Å². The predicted molar refractivity (Wildman–Crippen MR) is 82.1 cm³/mol. The molecule has 1 aromatic heterocycles. The summed E-state index contributed by atoms with van der Waals surface area (Å²) in [5.74, 6) is 0. The lowest BCUT2D eigenvalue weighted by Crippen LogP contribution is -2.37. The van der Waals surface area contributed by atoms with E-state index in [0.29, 0.717) is 24.5 Å². The van der Waals surface area contributed by atoms with Crippen molar-refractivity contribution in [1.29, 1.82) is 0 Å². The standard InChI is InChI=1S/C14H24N4O2S/c1-10-13(12(9-15)17-16-10)21(19,20)18-7-5-11(6-8-18)14(2,3)4/h5H,6-9,15H2,1-4H3,(H,16,17). The van der Waals surface area contributed by atoms with Crippen molar-refractivity contribution in [1.82, 2.24) is 14.5 Å². The molecule has 6 nitrogen and oxygen atoms in total. The summed E-state index contributed by atoms with van der Waals surface area (Å²) in [6.45, 7) is 9.17. The number of hydrogen-bond donors (Lipinski definition) is 2. The molecule has 0 amide bonds. The first-order valence-electron chi connectivity index (χ1n) is 7.11. The molecule has 0 aromatic carbocycles. The molecule has 21 heavy (non-hydrogen) atoms. The van der Waals surface area contributed by atoms with Gasteiger partial charge in [-0.05, 0) is 18.8 Å². The first kappa shape index (κ1) is 16.2. The molecule has 3 N–H and O–H groups in total. The van der Waals surface area contributed by atoms with Crippen LogP contribution < -0.4 is 5.73 Å². The van der Waals surface area contributed by atoms with Crippen molar-refractivity contribution in [3.05, 3.63) is 23.0 Å². The molecule has 0 spiro atoms. The Morgan fingerprint density at radius 3 is 2.57 bits per heavy atom. The molecule has 1 aliphatic heterocycles.